The molecule has 3 heteroatoms. The standard InChI is InChI=1S/C50H47NO2/c1-49-31-13-12-28-47(49)50(37-19-6-3-7-20-37,42-25-9-11-27-46(42)53-49)38-21-14-18-36(32-38)43-30-29-35(33-44(51-43)34-16-4-2-5-17-34)39-23-15-24-41-40-22-8-10-26-45(40)52-48(39)41/h2-4,6-16,19-27,30,32-33,36,40,42,45-47H,5,17-18,28-29,31H2,1H3. The first-order valence-electron chi connectivity index (χ1n) is 19.7. The van der Waals surface area contributed by atoms with Crippen molar-refractivity contribution in [2.45, 2.75) is 74.6 Å². The summed E-state index contributed by atoms with van der Waals surface area (Å²) in [6.07, 6.45) is 47.3. The monoisotopic (exact) mass is 693 g/mol. The maximum Gasteiger partial charge on any atom is 0.131 e. The van der Waals surface area contributed by atoms with E-state index in [1.807, 2.05) is 0 Å². The van der Waals surface area contributed by atoms with E-state index in [-0.39, 0.29) is 46.9 Å². The number of benzene rings is 2. The molecule has 3 nitrogen and oxygen atoms in total. The summed E-state index contributed by atoms with van der Waals surface area (Å²) in [5.74, 6) is 1.90. The summed E-state index contributed by atoms with van der Waals surface area (Å²) < 4.78 is 13.8. The summed E-state index contributed by atoms with van der Waals surface area (Å²) in [5, 5.41) is 0. The molecule has 8 unspecified atom stereocenters. The molecule has 1 saturated heterocycles. The van der Waals surface area contributed by atoms with E-state index in [0.717, 1.165) is 55.7 Å². The molecule has 264 valence electrons. The van der Waals surface area contributed by atoms with Crippen LogP contribution in [0.4, 0.5) is 0 Å². The van der Waals surface area contributed by atoms with E-state index in [4.69, 9.17) is 14.5 Å². The van der Waals surface area contributed by atoms with Gasteiger partial charge in [-0.3, -0.25) is 4.99 Å². The highest BCUT2D eigenvalue weighted by Crippen LogP contribution is 2.61. The Morgan fingerprint density at radius 3 is 2.55 bits per heavy atom. The van der Waals surface area contributed by atoms with Crippen molar-refractivity contribution in [2.24, 2.45) is 22.7 Å². The lowest BCUT2D eigenvalue weighted by Gasteiger charge is -2.61. The van der Waals surface area contributed by atoms with E-state index in [9.17, 15) is 0 Å². The van der Waals surface area contributed by atoms with Gasteiger partial charge in [-0.1, -0.05) is 146 Å². The predicted octanol–water partition coefficient (Wildman–Crippen LogP) is 11.4. The molecular formula is C50H47NO2. The van der Waals surface area contributed by atoms with Gasteiger partial charge >= 0.3 is 0 Å². The van der Waals surface area contributed by atoms with E-state index in [2.05, 4.69) is 165 Å². The topological polar surface area (TPSA) is 30.8 Å². The molecule has 8 aliphatic rings. The first-order valence-corrected chi connectivity index (χ1v) is 19.7. The maximum atomic E-state index is 7.10. The number of rotatable bonds is 5. The van der Waals surface area contributed by atoms with Crippen molar-refractivity contribution < 1.29 is 9.47 Å². The van der Waals surface area contributed by atoms with Gasteiger partial charge in [0, 0.05) is 45.9 Å². The molecule has 0 aromatic heterocycles. The van der Waals surface area contributed by atoms with Gasteiger partial charge in [0.2, 0.25) is 0 Å². The minimum Gasteiger partial charge on any atom is -0.484 e. The van der Waals surface area contributed by atoms with Gasteiger partial charge in [-0.2, -0.15) is 0 Å². The zero-order chi connectivity index (χ0) is 35.4. The van der Waals surface area contributed by atoms with Crippen molar-refractivity contribution in [2.75, 3.05) is 0 Å². The average Bonchev–Trinajstić information content (AvgIpc) is 3.45. The van der Waals surface area contributed by atoms with Crippen molar-refractivity contribution in [3.8, 4) is 5.75 Å². The van der Waals surface area contributed by atoms with Crippen LogP contribution in [0, 0.1) is 17.8 Å². The minimum absolute atomic E-state index is 0.00651. The van der Waals surface area contributed by atoms with Crippen LogP contribution in [-0.4, -0.2) is 23.5 Å². The molecule has 3 heterocycles. The number of hydrogen-bond acceptors (Lipinski definition) is 3. The number of fused-ring (bicyclic) bond motifs is 5. The van der Waals surface area contributed by atoms with Crippen LogP contribution in [0.2, 0.25) is 0 Å². The third kappa shape index (κ3) is 5.38. The third-order valence-corrected chi connectivity index (χ3v) is 13.1. The molecule has 0 amide bonds. The normalized spacial score (nSPS) is 34.7. The molecule has 5 aliphatic carbocycles. The Morgan fingerprint density at radius 1 is 0.792 bits per heavy atom. The van der Waals surface area contributed by atoms with E-state index in [0.29, 0.717) is 0 Å². The van der Waals surface area contributed by atoms with Crippen LogP contribution in [0.3, 0.4) is 0 Å². The lowest BCUT2D eigenvalue weighted by atomic mass is 9.49. The van der Waals surface area contributed by atoms with E-state index in [1.54, 1.807) is 0 Å². The van der Waals surface area contributed by atoms with Crippen molar-refractivity contribution in [1.29, 1.82) is 0 Å². The van der Waals surface area contributed by atoms with Crippen molar-refractivity contribution >= 4 is 11.3 Å². The molecule has 0 bridgehead atoms. The van der Waals surface area contributed by atoms with Gasteiger partial charge in [0.05, 0.1) is 17.4 Å². The van der Waals surface area contributed by atoms with Gasteiger partial charge in [0.15, 0.2) is 0 Å². The third-order valence-electron chi connectivity index (χ3n) is 13.1. The highest BCUT2D eigenvalue weighted by molar-refractivity contribution is 6.13. The van der Waals surface area contributed by atoms with Crippen molar-refractivity contribution in [3.63, 3.8) is 0 Å². The SMILES string of the molecule is CC12CC=CCC1C(C1=CC(C3=CCC(c4cccc5c4OC4C=CC=CC54)=CC(C4=CC=CCC4)=N3)CC=C1)(c1ccccc1)C1C=CC=CC1O2. The minimum atomic E-state index is -0.281. The molecular weight excluding hydrogens is 647 g/mol. The molecule has 3 aliphatic heterocycles. The van der Waals surface area contributed by atoms with Crippen molar-refractivity contribution in [1.82, 2.24) is 0 Å². The van der Waals surface area contributed by atoms with Gasteiger partial charge in [0.1, 0.15) is 11.9 Å². The Morgan fingerprint density at radius 2 is 1.66 bits per heavy atom. The highest BCUT2D eigenvalue weighted by Gasteiger charge is 2.61. The van der Waals surface area contributed by atoms with Crippen LogP contribution in [0.15, 0.2) is 180 Å². The molecule has 53 heavy (non-hydrogen) atoms. The zero-order valence-electron chi connectivity index (χ0n) is 30.5. The number of nitrogens with zero attached hydrogens (tertiary/aromatic N) is 1. The Hall–Kier alpha value is -4.99. The van der Waals surface area contributed by atoms with Crippen LogP contribution in [-0.2, 0) is 10.2 Å². The summed E-state index contributed by atoms with van der Waals surface area (Å²) in [6, 6.07) is 18.0. The summed E-state index contributed by atoms with van der Waals surface area (Å²) in [6.45, 7) is 2.36. The lowest BCUT2D eigenvalue weighted by molar-refractivity contribution is -0.181. The second-order valence-corrected chi connectivity index (χ2v) is 16.0. The van der Waals surface area contributed by atoms with Crippen LogP contribution >= 0.6 is 0 Å². The Bertz CT molecular complexity index is 2200. The molecule has 0 radical (unpaired) electrons. The van der Waals surface area contributed by atoms with Gasteiger partial charge in [-0.25, -0.2) is 0 Å². The molecule has 0 saturated carbocycles. The van der Waals surface area contributed by atoms with Gasteiger partial charge in [0.25, 0.3) is 0 Å². The highest BCUT2D eigenvalue weighted by atomic mass is 16.5. The van der Waals surface area contributed by atoms with Crippen LogP contribution in [0.25, 0.3) is 5.57 Å². The van der Waals surface area contributed by atoms with Crippen LogP contribution in [0.5, 0.6) is 5.75 Å². The van der Waals surface area contributed by atoms with Gasteiger partial charge in [-0.15, -0.1) is 0 Å². The largest absolute Gasteiger partial charge is 0.484 e. The first kappa shape index (κ1) is 32.6. The summed E-state index contributed by atoms with van der Waals surface area (Å²) in [4.78, 5) is 5.61. The number of para-hydroxylation sites is 1. The molecule has 0 spiro atoms. The lowest BCUT2D eigenvalue weighted by Crippen LogP contribution is -2.63. The molecule has 10 rings (SSSR count). The molecule has 1 fully saturated rings. The average molecular weight is 694 g/mol. The van der Waals surface area contributed by atoms with Gasteiger partial charge in [-0.05, 0) is 79.9 Å². The number of allylic oxidation sites excluding steroid dienone is 16. The van der Waals surface area contributed by atoms with Crippen LogP contribution in [0.1, 0.15) is 68.1 Å². The molecule has 2 aromatic rings. The Labute approximate surface area is 314 Å². The van der Waals surface area contributed by atoms with E-state index >= 15 is 0 Å². The first-order chi connectivity index (χ1) is 26.1. The van der Waals surface area contributed by atoms with E-state index in [1.165, 1.54) is 33.4 Å². The number of ether oxygens (including phenoxy) is 2. The summed E-state index contributed by atoms with van der Waals surface area (Å²) in [5.41, 5.74) is 9.52. The fourth-order valence-corrected chi connectivity index (χ4v) is 10.6. The predicted molar refractivity (Wildman–Crippen MR) is 217 cm³/mol. The molecule has 0 N–H and O–H groups in total. The molecule has 8 atom stereocenters. The fraction of sp³-hybridized carbons (Fsp3) is 0.300. The van der Waals surface area contributed by atoms with Gasteiger partial charge < -0.3 is 9.47 Å². The zero-order valence-corrected chi connectivity index (χ0v) is 30.5. The second kappa shape index (κ2) is 13.1. The summed E-state index contributed by atoms with van der Waals surface area (Å²) in [7, 11) is 0. The van der Waals surface area contributed by atoms with Crippen molar-refractivity contribution in [3.05, 3.63) is 191 Å². The second-order valence-electron chi connectivity index (χ2n) is 16.0. The maximum absolute atomic E-state index is 7.10. The quantitative estimate of drug-likeness (QED) is 0.292. The Balaban J connectivity index is 1.09. The molecule has 2 aromatic carbocycles. The van der Waals surface area contributed by atoms with E-state index < -0.39 is 0 Å². The fourth-order valence-electron chi connectivity index (χ4n) is 10.6. The number of hydrogen-bond donors (Lipinski definition) is 0. The Kier molecular flexibility index (Phi) is 8.10. The van der Waals surface area contributed by atoms with Crippen LogP contribution < -0.4 is 4.74 Å². The smallest absolute Gasteiger partial charge is 0.131 e. The summed E-state index contributed by atoms with van der Waals surface area (Å²) >= 11 is 0. The number of aliphatic imine (C=N–C) groups is 1.